The first kappa shape index (κ1) is 28.7. The summed E-state index contributed by atoms with van der Waals surface area (Å²) in [5.74, 6) is -0.109. The van der Waals surface area contributed by atoms with Crippen LogP contribution in [0, 0.1) is 20.8 Å². The number of anilines is 3. The first-order chi connectivity index (χ1) is 22.0. The average molecular weight is 622 g/mol. The lowest BCUT2D eigenvalue weighted by molar-refractivity contribution is 0.102. The van der Waals surface area contributed by atoms with Gasteiger partial charge in [0.05, 0.1) is 23.1 Å². The van der Waals surface area contributed by atoms with Crippen LogP contribution in [0.4, 0.5) is 16.4 Å². The number of aromatic nitrogens is 2. The van der Waals surface area contributed by atoms with E-state index in [1.54, 1.807) is 17.4 Å². The minimum absolute atomic E-state index is 0.109. The normalized spacial score (nSPS) is 17.5. The first-order valence-corrected chi connectivity index (χ1v) is 16.5. The second kappa shape index (κ2) is 10.1. The third-order valence-corrected chi connectivity index (χ3v) is 10.9. The van der Waals surface area contributed by atoms with Gasteiger partial charge in [-0.3, -0.25) is 9.48 Å². The predicted octanol–water partition coefficient (Wildman–Crippen LogP) is 9.65. The Bertz CT molecular complexity index is 2260. The molecule has 1 unspecified atom stereocenters. The minimum atomic E-state index is -0.933. The van der Waals surface area contributed by atoms with E-state index in [2.05, 4.69) is 99.2 Å². The zero-order chi connectivity index (χ0) is 32.1. The van der Waals surface area contributed by atoms with Crippen LogP contribution in [-0.4, -0.2) is 20.7 Å². The zero-order valence-corrected chi connectivity index (χ0v) is 27.7. The van der Waals surface area contributed by atoms with E-state index in [-0.39, 0.29) is 11.2 Å². The number of hydrogen-bond donors (Lipinski definition) is 1. The van der Waals surface area contributed by atoms with E-state index in [0.29, 0.717) is 16.7 Å². The predicted molar refractivity (Wildman–Crippen MR) is 189 cm³/mol. The van der Waals surface area contributed by atoms with E-state index in [0.717, 1.165) is 32.2 Å². The van der Waals surface area contributed by atoms with Gasteiger partial charge in [-0.25, -0.2) is 0 Å². The summed E-state index contributed by atoms with van der Waals surface area (Å²) >= 11 is 1.66. The van der Waals surface area contributed by atoms with Crippen molar-refractivity contribution >= 4 is 50.5 Å². The molecular formula is C40H35N3O2S. The first-order valence-electron chi connectivity index (χ1n) is 15.7. The average Bonchev–Trinajstić information content (AvgIpc) is 3.69. The number of thiophene rings is 1. The van der Waals surface area contributed by atoms with Crippen molar-refractivity contribution < 1.29 is 9.90 Å². The highest BCUT2D eigenvalue weighted by Crippen LogP contribution is 2.57. The molecule has 8 rings (SSSR count). The van der Waals surface area contributed by atoms with Crippen LogP contribution in [0.2, 0.25) is 0 Å². The molecule has 0 saturated carbocycles. The van der Waals surface area contributed by atoms with Crippen molar-refractivity contribution in [3.8, 4) is 11.1 Å². The number of rotatable bonds is 3. The van der Waals surface area contributed by atoms with Gasteiger partial charge in [-0.1, -0.05) is 67.9 Å². The minimum Gasteiger partial charge on any atom is -0.383 e. The maximum Gasteiger partial charge on any atom is 0.192 e. The number of aliphatic hydroxyl groups is 1. The third kappa shape index (κ3) is 4.10. The highest BCUT2D eigenvalue weighted by Gasteiger charge is 2.40. The van der Waals surface area contributed by atoms with Crippen molar-refractivity contribution in [3.05, 3.63) is 134 Å². The fourth-order valence-corrected chi connectivity index (χ4v) is 8.94. The van der Waals surface area contributed by atoms with Gasteiger partial charge in [-0.05, 0) is 96.1 Å². The summed E-state index contributed by atoms with van der Waals surface area (Å²) < 4.78 is 1.91. The number of fused-ring (bicyclic) bond motifs is 4. The lowest BCUT2D eigenvalue weighted by Crippen LogP contribution is -2.29. The van der Waals surface area contributed by atoms with E-state index in [4.69, 9.17) is 0 Å². The number of aryl methyl sites for hydroxylation is 4. The number of Topliss-reactive ketones (excluding diaryl/α,β-unsaturated/α-hetero) is 1. The van der Waals surface area contributed by atoms with E-state index in [1.165, 1.54) is 38.9 Å². The number of ketones is 1. The fourth-order valence-electron chi connectivity index (χ4n) is 7.65. The highest BCUT2D eigenvalue weighted by molar-refractivity contribution is 7.17. The van der Waals surface area contributed by atoms with Crippen molar-refractivity contribution in [3.63, 3.8) is 0 Å². The Morgan fingerprint density at radius 1 is 0.891 bits per heavy atom. The third-order valence-electron chi connectivity index (χ3n) is 9.85. The second-order valence-electron chi connectivity index (χ2n) is 13.2. The Labute approximate surface area is 273 Å². The Morgan fingerprint density at radius 3 is 2.41 bits per heavy atom. The molecule has 6 aromatic rings. The van der Waals surface area contributed by atoms with Crippen LogP contribution in [0.15, 0.2) is 90.6 Å². The summed E-state index contributed by atoms with van der Waals surface area (Å²) in [7, 11) is 1.97. The summed E-state index contributed by atoms with van der Waals surface area (Å²) in [6.07, 6.45) is 2.90. The summed E-state index contributed by atoms with van der Waals surface area (Å²) in [5.41, 5.74) is 13.3. The maximum atomic E-state index is 13.4. The highest BCUT2D eigenvalue weighted by atomic mass is 32.1. The van der Waals surface area contributed by atoms with E-state index >= 15 is 0 Å². The molecule has 0 saturated heterocycles. The van der Waals surface area contributed by atoms with Gasteiger partial charge in [0.15, 0.2) is 5.78 Å². The van der Waals surface area contributed by atoms with Crippen molar-refractivity contribution in [2.75, 3.05) is 4.90 Å². The summed E-state index contributed by atoms with van der Waals surface area (Å²) in [6.45, 7) is 11.1. The van der Waals surface area contributed by atoms with Gasteiger partial charge >= 0.3 is 0 Å². The van der Waals surface area contributed by atoms with Gasteiger partial charge in [-0.15, -0.1) is 11.3 Å². The molecule has 2 aliphatic rings. The molecule has 1 atom stereocenters. The topological polar surface area (TPSA) is 58.4 Å². The number of carbonyl (C=O) groups is 1. The molecule has 0 bridgehead atoms. The molecule has 46 heavy (non-hydrogen) atoms. The lowest BCUT2D eigenvalue weighted by atomic mass is 9.74. The quantitative estimate of drug-likeness (QED) is 0.200. The number of aliphatic hydroxyl groups excluding tert-OH is 1. The maximum absolute atomic E-state index is 13.4. The van der Waals surface area contributed by atoms with Crippen LogP contribution in [0.25, 0.3) is 28.1 Å². The van der Waals surface area contributed by atoms with Crippen molar-refractivity contribution in [1.82, 2.24) is 9.78 Å². The monoisotopic (exact) mass is 621 g/mol. The Hall–Kier alpha value is -4.78. The Kier molecular flexibility index (Phi) is 6.30. The van der Waals surface area contributed by atoms with Crippen molar-refractivity contribution in [2.45, 2.75) is 46.1 Å². The SMILES string of the molecule is Cc1cc(C)c(-c2ccc3c(c2)C(C)(C)c2cc(/C=C4/C(=O)c5ccccc5C4O)sc2N3c2cccc3c2cnn3C)c(C)c1. The molecule has 1 aliphatic carbocycles. The largest absolute Gasteiger partial charge is 0.383 e. The zero-order valence-electron chi connectivity index (χ0n) is 26.8. The van der Waals surface area contributed by atoms with Crippen LogP contribution in [0.3, 0.4) is 0 Å². The van der Waals surface area contributed by atoms with Crippen molar-refractivity contribution in [1.29, 1.82) is 0 Å². The van der Waals surface area contributed by atoms with Gasteiger partial charge in [-0.2, -0.15) is 5.10 Å². The van der Waals surface area contributed by atoms with Gasteiger partial charge in [0, 0.05) is 33.9 Å². The molecule has 2 aromatic heterocycles. The van der Waals surface area contributed by atoms with Crippen LogP contribution in [0.5, 0.6) is 0 Å². The number of hydrogen-bond acceptors (Lipinski definition) is 5. The fraction of sp³-hybridized carbons (Fsp3) is 0.200. The van der Waals surface area contributed by atoms with E-state index < -0.39 is 6.10 Å². The number of carbonyl (C=O) groups excluding carboxylic acids is 1. The Morgan fingerprint density at radius 2 is 1.65 bits per heavy atom. The van der Waals surface area contributed by atoms with Gasteiger partial charge < -0.3 is 10.0 Å². The lowest BCUT2D eigenvalue weighted by Gasteiger charge is -2.40. The van der Waals surface area contributed by atoms with Crippen LogP contribution in [0.1, 0.15) is 68.6 Å². The van der Waals surface area contributed by atoms with Crippen LogP contribution in [-0.2, 0) is 12.5 Å². The molecule has 228 valence electrons. The molecular weight excluding hydrogens is 587 g/mol. The van der Waals surface area contributed by atoms with Crippen LogP contribution < -0.4 is 4.90 Å². The molecule has 5 nitrogen and oxygen atoms in total. The molecule has 0 fully saturated rings. The van der Waals surface area contributed by atoms with Gasteiger partial charge in [0.1, 0.15) is 11.1 Å². The molecule has 3 heterocycles. The standard InChI is InChI=1S/C40H35N3O2S/c1-22-16-23(2)36(24(3)17-22)25-14-15-35-31(18-25)40(4,5)32-20-26(19-29-37(44)27-10-7-8-11-28(27)38(29)45)46-39(32)43(35)34-13-9-12-33-30(34)21-41-42(33)6/h7-21,37,44H,1-6H3/b29-19+. The van der Waals surface area contributed by atoms with Crippen LogP contribution >= 0.6 is 11.3 Å². The summed E-state index contributed by atoms with van der Waals surface area (Å²) in [4.78, 5) is 16.7. The smallest absolute Gasteiger partial charge is 0.192 e. The summed E-state index contributed by atoms with van der Waals surface area (Å²) in [5, 5.41) is 17.9. The van der Waals surface area contributed by atoms with Crippen molar-refractivity contribution in [2.24, 2.45) is 7.05 Å². The molecule has 6 heteroatoms. The van der Waals surface area contributed by atoms with Gasteiger partial charge in [0.25, 0.3) is 0 Å². The second-order valence-corrected chi connectivity index (χ2v) is 14.3. The van der Waals surface area contributed by atoms with E-state index in [1.807, 2.05) is 42.2 Å². The Balaban J connectivity index is 1.35. The molecule has 0 amide bonds. The molecule has 0 spiro atoms. The molecule has 1 aliphatic heterocycles. The van der Waals surface area contributed by atoms with E-state index in [9.17, 15) is 9.90 Å². The molecule has 4 aromatic carbocycles. The summed E-state index contributed by atoms with van der Waals surface area (Å²) in [6, 6.07) is 27.3. The van der Waals surface area contributed by atoms with Gasteiger partial charge in [0.2, 0.25) is 0 Å². The molecule has 1 N–H and O–H groups in total. The molecule has 0 radical (unpaired) electrons. The number of nitrogens with zero attached hydrogens (tertiary/aromatic N) is 3. The number of benzene rings is 4.